The Morgan fingerprint density at radius 2 is 1.56 bits per heavy atom. The van der Waals surface area contributed by atoms with Crippen molar-refractivity contribution in [2.45, 2.75) is 12.2 Å². The van der Waals surface area contributed by atoms with Crippen LogP contribution >= 0.6 is 0 Å². The molecule has 7 N–H and O–H groups in total. The lowest BCUT2D eigenvalue weighted by Gasteiger charge is -2.17. The number of H-pyrrole nitrogens is 1. The van der Waals surface area contributed by atoms with E-state index in [-0.39, 0.29) is 11.6 Å². The summed E-state index contributed by atoms with van der Waals surface area (Å²) >= 11 is 0. The second-order valence-corrected chi connectivity index (χ2v) is 5.73. The van der Waals surface area contributed by atoms with Crippen LogP contribution in [0.5, 0.6) is 0 Å². The van der Waals surface area contributed by atoms with E-state index in [4.69, 9.17) is 5.73 Å². The second kappa shape index (κ2) is 7.40. The highest BCUT2D eigenvalue weighted by atomic mass is 19.1. The van der Waals surface area contributed by atoms with E-state index in [1.54, 1.807) is 6.07 Å². The highest BCUT2D eigenvalue weighted by Gasteiger charge is 2.30. The zero-order valence-corrected chi connectivity index (χ0v) is 13.8. The monoisotopic (exact) mass is 373 g/mol. The lowest BCUT2D eigenvalue weighted by Crippen LogP contribution is -2.45. The lowest BCUT2D eigenvalue weighted by molar-refractivity contribution is -0.139. The summed E-state index contributed by atoms with van der Waals surface area (Å²) in [5.41, 5.74) is 7.21. The van der Waals surface area contributed by atoms with Crippen molar-refractivity contribution in [2.24, 2.45) is 0 Å². The van der Waals surface area contributed by atoms with Crippen molar-refractivity contribution >= 4 is 40.2 Å². The number of hydrogen-bond acceptors (Lipinski definition) is 6. The summed E-state index contributed by atoms with van der Waals surface area (Å²) in [5.74, 6) is -2.28. The number of nitrogen functional groups attached to an aromatic ring is 1. The van der Waals surface area contributed by atoms with Crippen molar-refractivity contribution in [3.63, 3.8) is 0 Å². The van der Waals surface area contributed by atoms with E-state index >= 15 is 0 Å². The predicted octanol–water partition coefficient (Wildman–Crippen LogP) is 0.583. The molecule has 2 amide bonds. The summed E-state index contributed by atoms with van der Waals surface area (Å²) in [6.45, 7) is 0. The summed E-state index contributed by atoms with van der Waals surface area (Å²) in [4.78, 5) is 30.8. The largest absolute Gasteiger partial charge is 0.380 e. The molecule has 140 valence electrons. The van der Waals surface area contributed by atoms with Crippen molar-refractivity contribution < 1.29 is 24.2 Å². The number of aromatic amines is 1. The number of nitrogens with one attached hydrogen (secondary N) is 3. The quantitative estimate of drug-likeness (QED) is 0.385. The fraction of sp³-hybridized carbons (Fsp3) is 0.118. The van der Waals surface area contributed by atoms with Gasteiger partial charge in [0.15, 0.2) is 18.2 Å². The number of halogens is 1. The standard InChI is InChI=1S/C17H16FN5O4/c18-8-1-3-9(4-2-8)20-15(26)13(24)14(25)16(27)21-10-5-6-11-12(7-10)23-17(19)22-11/h1-7,13-14,24-25H,(H,20,26)(H,21,27)(H3,19,22,23)/t13-,14-/m1/s1. The molecule has 10 heteroatoms. The van der Waals surface area contributed by atoms with E-state index in [0.717, 1.165) is 12.1 Å². The molecule has 2 atom stereocenters. The normalized spacial score (nSPS) is 13.1. The number of benzene rings is 2. The van der Waals surface area contributed by atoms with E-state index < -0.39 is 29.8 Å². The maximum Gasteiger partial charge on any atom is 0.256 e. The van der Waals surface area contributed by atoms with Crippen LogP contribution in [0.15, 0.2) is 42.5 Å². The Morgan fingerprint density at radius 3 is 2.19 bits per heavy atom. The fourth-order valence-electron chi connectivity index (χ4n) is 2.36. The molecule has 0 fully saturated rings. The second-order valence-electron chi connectivity index (χ2n) is 5.73. The minimum Gasteiger partial charge on any atom is -0.380 e. The van der Waals surface area contributed by atoms with Gasteiger partial charge in [-0.2, -0.15) is 0 Å². The molecule has 0 aliphatic heterocycles. The van der Waals surface area contributed by atoms with Gasteiger partial charge >= 0.3 is 0 Å². The molecule has 0 radical (unpaired) electrons. The summed E-state index contributed by atoms with van der Waals surface area (Å²) < 4.78 is 12.9. The van der Waals surface area contributed by atoms with Gasteiger partial charge in [-0.25, -0.2) is 9.37 Å². The number of hydrogen-bond donors (Lipinski definition) is 6. The Kier molecular flexibility index (Phi) is 5.01. The molecule has 0 aliphatic rings. The number of anilines is 3. The Balaban J connectivity index is 1.63. The summed E-state index contributed by atoms with van der Waals surface area (Å²) in [6, 6.07) is 9.44. The number of aliphatic hydroxyl groups is 2. The van der Waals surface area contributed by atoms with Crippen LogP contribution in [0.1, 0.15) is 0 Å². The van der Waals surface area contributed by atoms with E-state index in [2.05, 4.69) is 20.6 Å². The van der Waals surface area contributed by atoms with E-state index in [1.165, 1.54) is 24.3 Å². The first-order chi connectivity index (χ1) is 12.8. The molecule has 9 nitrogen and oxygen atoms in total. The third kappa shape index (κ3) is 4.19. The maximum atomic E-state index is 12.9. The fourth-order valence-corrected chi connectivity index (χ4v) is 2.36. The minimum absolute atomic E-state index is 0.204. The van der Waals surface area contributed by atoms with E-state index in [1.807, 2.05) is 0 Å². The Labute approximate surface area is 152 Å². The van der Waals surface area contributed by atoms with Crippen LogP contribution in [0.4, 0.5) is 21.7 Å². The van der Waals surface area contributed by atoms with Crippen LogP contribution in [-0.4, -0.2) is 44.2 Å². The summed E-state index contributed by atoms with van der Waals surface area (Å²) in [6.07, 6.45) is -4.05. The van der Waals surface area contributed by atoms with Gasteiger partial charge in [-0.1, -0.05) is 0 Å². The number of nitrogens with two attached hydrogens (primary N) is 1. The number of rotatable bonds is 5. The molecular weight excluding hydrogens is 357 g/mol. The van der Waals surface area contributed by atoms with E-state index in [9.17, 15) is 24.2 Å². The third-order valence-electron chi connectivity index (χ3n) is 3.72. The van der Waals surface area contributed by atoms with Crippen molar-refractivity contribution in [3.8, 4) is 0 Å². The topological polar surface area (TPSA) is 153 Å². The Hall–Kier alpha value is -3.50. The summed E-state index contributed by atoms with van der Waals surface area (Å²) in [7, 11) is 0. The van der Waals surface area contributed by atoms with Crippen LogP contribution in [-0.2, 0) is 9.59 Å². The number of carbonyl (C=O) groups excluding carboxylic acids is 2. The number of aliphatic hydroxyl groups excluding tert-OH is 2. The smallest absolute Gasteiger partial charge is 0.256 e. The molecule has 27 heavy (non-hydrogen) atoms. The van der Waals surface area contributed by atoms with Crippen molar-refractivity contribution in [3.05, 3.63) is 48.3 Å². The molecule has 0 saturated carbocycles. The molecule has 1 heterocycles. The highest BCUT2D eigenvalue weighted by Crippen LogP contribution is 2.18. The van der Waals surface area contributed by atoms with Gasteiger partial charge in [0.1, 0.15) is 5.82 Å². The zero-order valence-electron chi connectivity index (χ0n) is 13.8. The first-order valence-corrected chi connectivity index (χ1v) is 7.82. The van der Waals surface area contributed by atoms with Crippen LogP contribution < -0.4 is 16.4 Å². The van der Waals surface area contributed by atoms with Gasteiger partial charge in [0.25, 0.3) is 11.8 Å². The first kappa shape index (κ1) is 18.3. The van der Waals surface area contributed by atoms with Crippen LogP contribution in [0.3, 0.4) is 0 Å². The average Bonchev–Trinajstić information content (AvgIpc) is 3.01. The molecule has 2 aromatic carbocycles. The molecule has 0 spiro atoms. The molecule has 0 aliphatic carbocycles. The van der Waals surface area contributed by atoms with Gasteiger partial charge in [0.05, 0.1) is 11.0 Å². The lowest BCUT2D eigenvalue weighted by atomic mass is 10.1. The molecule has 0 saturated heterocycles. The van der Waals surface area contributed by atoms with Crippen molar-refractivity contribution in [1.29, 1.82) is 0 Å². The number of aromatic nitrogens is 2. The van der Waals surface area contributed by atoms with E-state index in [0.29, 0.717) is 16.7 Å². The molecule has 3 aromatic rings. The van der Waals surface area contributed by atoms with Crippen molar-refractivity contribution in [2.75, 3.05) is 16.4 Å². The number of amides is 2. The SMILES string of the molecule is Nc1nc2ccc(NC(=O)[C@H](O)[C@@H](O)C(=O)Nc3ccc(F)cc3)cc2[nH]1. The minimum atomic E-state index is -2.03. The average molecular weight is 373 g/mol. The Bertz CT molecular complexity index is 989. The Morgan fingerprint density at radius 1 is 1.00 bits per heavy atom. The van der Waals surface area contributed by atoms with Crippen LogP contribution in [0.25, 0.3) is 11.0 Å². The number of nitrogens with zero attached hydrogens (tertiary/aromatic N) is 1. The molecule has 3 rings (SSSR count). The maximum absolute atomic E-state index is 12.9. The number of imidazole rings is 1. The molecule has 0 bridgehead atoms. The summed E-state index contributed by atoms with van der Waals surface area (Å²) in [5, 5.41) is 24.5. The van der Waals surface area contributed by atoms with Gasteiger partial charge in [-0.3, -0.25) is 9.59 Å². The van der Waals surface area contributed by atoms with Gasteiger partial charge in [-0.15, -0.1) is 0 Å². The third-order valence-corrected chi connectivity index (χ3v) is 3.72. The molecular formula is C17H16FN5O4. The zero-order chi connectivity index (χ0) is 19.6. The molecule has 1 aromatic heterocycles. The van der Waals surface area contributed by atoms with Gasteiger partial charge < -0.3 is 31.6 Å². The first-order valence-electron chi connectivity index (χ1n) is 7.82. The van der Waals surface area contributed by atoms with Gasteiger partial charge in [0, 0.05) is 11.4 Å². The molecule has 0 unspecified atom stereocenters. The van der Waals surface area contributed by atoms with Gasteiger partial charge in [0.2, 0.25) is 0 Å². The van der Waals surface area contributed by atoms with Crippen LogP contribution in [0.2, 0.25) is 0 Å². The predicted molar refractivity (Wildman–Crippen MR) is 96.2 cm³/mol. The highest BCUT2D eigenvalue weighted by molar-refractivity contribution is 6.02. The number of fused-ring (bicyclic) bond motifs is 1. The van der Waals surface area contributed by atoms with Gasteiger partial charge in [-0.05, 0) is 42.5 Å². The van der Waals surface area contributed by atoms with Crippen LogP contribution in [0, 0.1) is 5.82 Å². The number of carbonyl (C=O) groups is 2. The van der Waals surface area contributed by atoms with Crippen molar-refractivity contribution in [1.82, 2.24) is 9.97 Å².